The lowest BCUT2D eigenvalue weighted by Crippen LogP contribution is -2.35. The monoisotopic (exact) mass is 421 g/mol. The minimum absolute atomic E-state index is 0.225. The Balaban J connectivity index is 1.84. The number of nitrogens with zero attached hydrogens (tertiary/aromatic N) is 2. The topological polar surface area (TPSA) is 79.4 Å². The lowest BCUT2D eigenvalue weighted by atomic mass is 10.2. The van der Waals surface area contributed by atoms with Gasteiger partial charge in [-0.3, -0.25) is 4.79 Å². The summed E-state index contributed by atoms with van der Waals surface area (Å²) in [5.41, 5.74) is 2.05. The minimum atomic E-state index is -3.54. The molecule has 1 amide bonds. The summed E-state index contributed by atoms with van der Waals surface area (Å²) in [5.74, 6) is -0.243. The fourth-order valence-corrected chi connectivity index (χ4v) is 5.92. The van der Waals surface area contributed by atoms with Gasteiger partial charge < -0.3 is 5.32 Å². The Morgan fingerprint density at radius 2 is 1.93 bits per heavy atom. The molecule has 1 saturated heterocycles. The van der Waals surface area contributed by atoms with Crippen molar-refractivity contribution >= 4 is 33.0 Å². The third-order valence-corrected chi connectivity index (χ3v) is 8.03. The van der Waals surface area contributed by atoms with Gasteiger partial charge in [-0.15, -0.1) is 11.3 Å². The first-order valence-corrected chi connectivity index (χ1v) is 12.0. The van der Waals surface area contributed by atoms with Crippen LogP contribution in [0.1, 0.15) is 58.5 Å². The average molecular weight is 422 g/mol. The molecule has 1 aliphatic heterocycles. The second-order valence-corrected chi connectivity index (χ2v) is 10.2. The van der Waals surface area contributed by atoms with Crippen LogP contribution in [0.4, 0.5) is 5.69 Å². The van der Waals surface area contributed by atoms with Crippen molar-refractivity contribution in [2.75, 3.05) is 18.4 Å². The van der Waals surface area contributed by atoms with Crippen molar-refractivity contribution in [1.29, 1.82) is 0 Å². The number of anilines is 1. The first-order valence-electron chi connectivity index (χ1n) is 9.71. The molecule has 0 unspecified atom stereocenters. The predicted molar refractivity (Wildman–Crippen MR) is 113 cm³/mol. The van der Waals surface area contributed by atoms with E-state index in [4.69, 9.17) is 0 Å². The van der Waals surface area contributed by atoms with Crippen LogP contribution in [0.25, 0.3) is 0 Å². The molecule has 1 fully saturated rings. The van der Waals surface area contributed by atoms with Gasteiger partial charge >= 0.3 is 0 Å². The Kier molecular flexibility index (Phi) is 6.52. The van der Waals surface area contributed by atoms with E-state index >= 15 is 0 Å². The summed E-state index contributed by atoms with van der Waals surface area (Å²) in [6.07, 6.45) is 4.67. The van der Waals surface area contributed by atoms with E-state index in [1.165, 1.54) is 15.6 Å². The quantitative estimate of drug-likeness (QED) is 0.760. The van der Waals surface area contributed by atoms with E-state index in [9.17, 15) is 13.2 Å². The standard InChI is InChI=1S/C20H27N3O3S2/c1-4-8-18-21-15(3)19(27-18)20(24)22-17-13-16(10-9-14(17)2)28(25,26)23-11-6-5-7-12-23/h9-10,13H,4-8,11-12H2,1-3H3,(H,22,24). The van der Waals surface area contributed by atoms with E-state index in [1.807, 2.05) is 13.8 Å². The first kappa shape index (κ1) is 21.0. The maximum absolute atomic E-state index is 12.9. The fourth-order valence-electron chi connectivity index (χ4n) is 3.31. The normalized spacial score (nSPS) is 15.5. The van der Waals surface area contributed by atoms with E-state index in [2.05, 4.69) is 17.2 Å². The SMILES string of the molecule is CCCc1nc(C)c(C(=O)Nc2cc(S(=O)(=O)N3CCCCC3)ccc2C)s1. The van der Waals surface area contributed by atoms with Crippen LogP contribution in [-0.2, 0) is 16.4 Å². The van der Waals surface area contributed by atoms with Crippen LogP contribution in [0, 0.1) is 13.8 Å². The van der Waals surface area contributed by atoms with Crippen molar-refractivity contribution in [3.05, 3.63) is 39.3 Å². The van der Waals surface area contributed by atoms with Gasteiger partial charge in [-0.05, 0) is 57.2 Å². The van der Waals surface area contributed by atoms with Crippen LogP contribution >= 0.6 is 11.3 Å². The number of carbonyl (C=O) groups excluding carboxylic acids is 1. The molecule has 0 bridgehead atoms. The maximum Gasteiger partial charge on any atom is 0.267 e. The van der Waals surface area contributed by atoms with Crippen molar-refractivity contribution < 1.29 is 13.2 Å². The van der Waals surface area contributed by atoms with E-state index in [0.29, 0.717) is 29.3 Å². The summed E-state index contributed by atoms with van der Waals surface area (Å²) < 4.78 is 27.4. The summed E-state index contributed by atoms with van der Waals surface area (Å²) in [7, 11) is -3.54. The highest BCUT2D eigenvalue weighted by atomic mass is 32.2. The van der Waals surface area contributed by atoms with E-state index in [-0.39, 0.29) is 10.8 Å². The number of thiazole rings is 1. The summed E-state index contributed by atoms with van der Waals surface area (Å²) in [5, 5.41) is 3.83. The summed E-state index contributed by atoms with van der Waals surface area (Å²) in [4.78, 5) is 18.0. The number of hydrogen-bond donors (Lipinski definition) is 1. The van der Waals surface area contributed by atoms with Gasteiger partial charge in [0.05, 0.1) is 15.6 Å². The molecule has 28 heavy (non-hydrogen) atoms. The van der Waals surface area contributed by atoms with E-state index in [1.54, 1.807) is 18.2 Å². The molecular formula is C20H27N3O3S2. The first-order chi connectivity index (χ1) is 13.3. The van der Waals surface area contributed by atoms with Gasteiger partial charge in [0.15, 0.2) is 0 Å². The third-order valence-electron chi connectivity index (χ3n) is 4.92. The Morgan fingerprint density at radius 3 is 2.61 bits per heavy atom. The highest BCUT2D eigenvalue weighted by Crippen LogP contribution is 2.27. The highest BCUT2D eigenvalue weighted by molar-refractivity contribution is 7.89. The van der Waals surface area contributed by atoms with Crippen molar-refractivity contribution in [2.24, 2.45) is 0 Å². The third kappa shape index (κ3) is 4.45. The zero-order valence-electron chi connectivity index (χ0n) is 16.6. The van der Waals surface area contributed by atoms with Gasteiger partial charge in [-0.2, -0.15) is 4.31 Å². The predicted octanol–water partition coefficient (Wildman–Crippen LogP) is 4.14. The fraction of sp³-hybridized carbons (Fsp3) is 0.500. The summed E-state index contributed by atoms with van der Waals surface area (Å²) >= 11 is 1.40. The van der Waals surface area contributed by atoms with Crippen molar-refractivity contribution in [1.82, 2.24) is 9.29 Å². The smallest absolute Gasteiger partial charge is 0.267 e. The zero-order valence-corrected chi connectivity index (χ0v) is 18.3. The summed E-state index contributed by atoms with van der Waals surface area (Å²) in [6, 6.07) is 4.93. The van der Waals surface area contributed by atoms with Gasteiger partial charge in [0.25, 0.3) is 5.91 Å². The second-order valence-electron chi connectivity index (χ2n) is 7.17. The number of aryl methyl sites for hydroxylation is 3. The number of benzene rings is 1. The van der Waals surface area contributed by atoms with E-state index in [0.717, 1.165) is 42.7 Å². The number of sulfonamides is 1. The molecule has 0 atom stereocenters. The van der Waals surface area contributed by atoms with Gasteiger partial charge in [0.2, 0.25) is 10.0 Å². The summed E-state index contributed by atoms with van der Waals surface area (Å²) in [6.45, 7) is 6.87. The second kappa shape index (κ2) is 8.71. The Morgan fingerprint density at radius 1 is 1.21 bits per heavy atom. The molecule has 152 valence electrons. The molecule has 3 rings (SSSR count). The highest BCUT2D eigenvalue weighted by Gasteiger charge is 2.26. The van der Waals surface area contributed by atoms with Crippen LogP contribution in [0.15, 0.2) is 23.1 Å². The molecular weight excluding hydrogens is 394 g/mol. The minimum Gasteiger partial charge on any atom is -0.321 e. The number of carbonyl (C=O) groups is 1. The lowest BCUT2D eigenvalue weighted by Gasteiger charge is -2.26. The largest absolute Gasteiger partial charge is 0.321 e. The molecule has 0 spiro atoms. The Labute approximate surface area is 171 Å². The molecule has 8 heteroatoms. The van der Waals surface area contributed by atoms with Gasteiger partial charge in [-0.25, -0.2) is 13.4 Å². The van der Waals surface area contributed by atoms with Crippen LogP contribution in [-0.4, -0.2) is 36.7 Å². The molecule has 1 N–H and O–H groups in total. The van der Waals surface area contributed by atoms with Gasteiger partial charge in [0, 0.05) is 18.8 Å². The molecule has 0 radical (unpaired) electrons. The molecule has 0 saturated carbocycles. The number of amides is 1. The van der Waals surface area contributed by atoms with Crippen molar-refractivity contribution in [3.8, 4) is 0 Å². The van der Waals surface area contributed by atoms with E-state index < -0.39 is 10.0 Å². The van der Waals surface area contributed by atoms with Gasteiger partial charge in [-0.1, -0.05) is 19.4 Å². The Hall–Kier alpha value is -1.77. The molecule has 2 aromatic rings. The number of hydrogen-bond acceptors (Lipinski definition) is 5. The van der Waals surface area contributed by atoms with Crippen molar-refractivity contribution in [2.45, 2.75) is 57.8 Å². The Bertz CT molecular complexity index is 961. The molecule has 1 aromatic heterocycles. The van der Waals surface area contributed by atoms with Crippen molar-refractivity contribution in [3.63, 3.8) is 0 Å². The number of nitrogens with one attached hydrogen (secondary N) is 1. The van der Waals surface area contributed by atoms with Crippen LogP contribution in [0.2, 0.25) is 0 Å². The number of piperidine rings is 1. The van der Waals surface area contributed by atoms with Gasteiger partial charge in [0.1, 0.15) is 4.88 Å². The molecule has 0 aliphatic carbocycles. The molecule has 1 aromatic carbocycles. The number of rotatable bonds is 6. The number of aromatic nitrogens is 1. The molecule has 1 aliphatic rings. The molecule has 6 nitrogen and oxygen atoms in total. The van der Waals surface area contributed by atoms with Crippen LogP contribution in [0.5, 0.6) is 0 Å². The molecule has 2 heterocycles. The maximum atomic E-state index is 12.9. The van der Waals surface area contributed by atoms with Crippen LogP contribution in [0.3, 0.4) is 0 Å². The van der Waals surface area contributed by atoms with Crippen LogP contribution < -0.4 is 5.32 Å². The zero-order chi connectivity index (χ0) is 20.3. The average Bonchev–Trinajstić information content (AvgIpc) is 3.05. The lowest BCUT2D eigenvalue weighted by molar-refractivity contribution is 0.102.